The maximum Gasteiger partial charge on any atom is 0.239 e. The molecule has 2 heterocycles. The molecule has 0 aromatic carbocycles. The Bertz CT molecular complexity index is 397. The third-order valence-electron chi connectivity index (χ3n) is 2.68. The molecule has 1 fully saturated rings. The van der Waals surface area contributed by atoms with E-state index in [1.165, 1.54) is 7.11 Å². The number of ether oxygens (including phenoxy) is 1. The molecule has 2 rings (SSSR count). The second kappa shape index (κ2) is 4.05. The second-order valence-electron chi connectivity index (χ2n) is 3.89. The van der Waals surface area contributed by atoms with Crippen LogP contribution in [0.4, 0.5) is 17.2 Å². The van der Waals surface area contributed by atoms with Crippen LogP contribution in [-0.2, 0) is 0 Å². The maximum absolute atomic E-state index is 9.47. The maximum atomic E-state index is 9.47. The Morgan fingerprint density at radius 1 is 1.50 bits per heavy atom. The lowest BCUT2D eigenvalue weighted by Gasteiger charge is -2.19. The summed E-state index contributed by atoms with van der Waals surface area (Å²) in [5, 5.41) is 9.47. The minimum absolute atomic E-state index is 0.315. The van der Waals surface area contributed by atoms with Crippen LogP contribution < -0.4 is 21.1 Å². The monoisotopic (exact) mass is 224 g/mol. The van der Waals surface area contributed by atoms with Crippen molar-refractivity contribution in [2.75, 3.05) is 36.6 Å². The number of nitrogen functional groups attached to an aromatic ring is 2. The van der Waals surface area contributed by atoms with Gasteiger partial charge in [-0.1, -0.05) is 0 Å². The van der Waals surface area contributed by atoms with E-state index in [-0.39, 0.29) is 6.10 Å². The number of methoxy groups -OCH3 is 1. The molecule has 1 aliphatic rings. The Morgan fingerprint density at radius 3 is 2.81 bits per heavy atom. The summed E-state index contributed by atoms with van der Waals surface area (Å²) >= 11 is 0. The summed E-state index contributed by atoms with van der Waals surface area (Å²) in [6, 6.07) is 1.63. The normalized spacial score (nSPS) is 20.1. The van der Waals surface area contributed by atoms with E-state index in [1.807, 2.05) is 4.90 Å². The van der Waals surface area contributed by atoms with E-state index in [4.69, 9.17) is 16.2 Å². The van der Waals surface area contributed by atoms with Crippen LogP contribution in [0.15, 0.2) is 6.07 Å². The van der Waals surface area contributed by atoms with Gasteiger partial charge in [0.25, 0.3) is 0 Å². The molecular formula is C10H16N4O2. The van der Waals surface area contributed by atoms with Crippen LogP contribution in [0.2, 0.25) is 0 Å². The number of nitrogens with two attached hydrogens (primary N) is 2. The fourth-order valence-electron chi connectivity index (χ4n) is 1.87. The number of pyridine rings is 1. The van der Waals surface area contributed by atoms with E-state index in [0.29, 0.717) is 29.6 Å². The molecule has 16 heavy (non-hydrogen) atoms. The van der Waals surface area contributed by atoms with Gasteiger partial charge in [-0.25, -0.2) is 0 Å². The number of β-amino-alcohol motifs (C(OH)–C–C–N with tert-alkyl or cyclic N) is 1. The van der Waals surface area contributed by atoms with E-state index in [0.717, 1.165) is 13.0 Å². The van der Waals surface area contributed by atoms with Gasteiger partial charge in [-0.2, -0.15) is 4.98 Å². The van der Waals surface area contributed by atoms with Gasteiger partial charge in [-0.3, -0.25) is 0 Å². The summed E-state index contributed by atoms with van der Waals surface area (Å²) in [5.74, 6) is 0.994. The number of aliphatic hydroxyl groups excluding tert-OH is 1. The van der Waals surface area contributed by atoms with Gasteiger partial charge in [0.05, 0.1) is 24.6 Å². The molecule has 1 aliphatic heterocycles. The van der Waals surface area contributed by atoms with Gasteiger partial charge in [-0.15, -0.1) is 0 Å². The zero-order valence-electron chi connectivity index (χ0n) is 9.18. The van der Waals surface area contributed by atoms with Crippen LogP contribution in [0.1, 0.15) is 6.42 Å². The highest BCUT2D eigenvalue weighted by Gasteiger charge is 2.24. The largest absolute Gasteiger partial charge is 0.479 e. The fourth-order valence-corrected chi connectivity index (χ4v) is 1.87. The van der Waals surface area contributed by atoms with Crippen LogP contribution >= 0.6 is 0 Å². The highest BCUT2D eigenvalue weighted by molar-refractivity contribution is 5.70. The summed E-state index contributed by atoms with van der Waals surface area (Å²) in [7, 11) is 1.51. The SMILES string of the molecule is COc1nc(N2CCC(O)C2)c(N)cc1N. The van der Waals surface area contributed by atoms with E-state index < -0.39 is 0 Å². The molecule has 6 heteroatoms. The lowest BCUT2D eigenvalue weighted by molar-refractivity contribution is 0.198. The van der Waals surface area contributed by atoms with E-state index >= 15 is 0 Å². The summed E-state index contributed by atoms with van der Waals surface area (Å²) in [6.07, 6.45) is 0.415. The zero-order valence-corrected chi connectivity index (χ0v) is 9.18. The molecular weight excluding hydrogens is 208 g/mol. The van der Waals surface area contributed by atoms with Crippen LogP contribution in [0, 0.1) is 0 Å². The molecule has 0 amide bonds. The van der Waals surface area contributed by atoms with Gasteiger partial charge < -0.3 is 26.2 Å². The third kappa shape index (κ3) is 1.83. The van der Waals surface area contributed by atoms with Gasteiger partial charge in [0, 0.05) is 13.1 Å². The van der Waals surface area contributed by atoms with Crippen LogP contribution in [0.3, 0.4) is 0 Å². The van der Waals surface area contributed by atoms with E-state index in [1.54, 1.807) is 6.07 Å². The van der Waals surface area contributed by atoms with Crippen molar-refractivity contribution in [3.8, 4) is 5.88 Å². The average molecular weight is 224 g/mol. The predicted molar refractivity (Wildman–Crippen MR) is 62.5 cm³/mol. The number of aliphatic hydroxyl groups is 1. The number of hydrogen-bond acceptors (Lipinski definition) is 6. The van der Waals surface area contributed by atoms with Crippen LogP contribution in [0.25, 0.3) is 0 Å². The minimum Gasteiger partial charge on any atom is -0.479 e. The highest BCUT2D eigenvalue weighted by Crippen LogP contribution is 2.31. The van der Waals surface area contributed by atoms with Crippen molar-refractivity contribution >= 4 is 17.2 Å². The Balaban J connectivity index is 2.33. The van der Waals surface area contributed by atoms with Gasteiger partial charge in [-0.05, 0) is 12.5 Å². The Kier molecular flexibility index (Phi) is 2.74. The van der Waals surface area contributed by atoms with Gasteiger partial charge >= 0.3 is 0 Å². The molecule has 0 spiro atoms. The number of anilines is 3. The van der Waals surface area contributed by atoms with Crippen molar-refractivity contribution in [2.45, 2.75) is 12.5 Å². The molecule has 1 aromatic rings. The summed E-state index contributed by atoms with van der Waals surface area (Å²) in [6.45, 7) is 1.29. The first kappa shape index (κ1) is 10.8. The van der Waals surface area contributed by atoms with Crippen LogP contribution in [0.5, 0.6) is 5.88 Å². The second-order valence-corrected chi connectivity index (χ2v) is 3.89. The summed E-state index contributed by atoms with van der Waals surface area (Å²) in [5.41, 5.74) is 12.5. The van der Waals surface area contributed by atoms with Crippen LogP contribution in [-0.4, -0.2) is 36.4 Å². The van der Waals surface area contributed by atoms with Crippen molar-refractivity contribution in [3.05, 3.63) is 6.07 Å². The minimum atomic E-state index is -0.315. The first-order valence-electron chi connectivity index (χ1n) is 5.15. The van der Waals surface area contributed by atoms with Gasteiger partial charge in [0.15, 0.2) is 5.82 Å². The standard InChI is InChI=1S/C10H16N4O2/c1-16-10-8(12)4-7(11)9(13-10)14-3-2-6(15)5-14/h4,6,15H,2-3,5,11-12H2,1H3. The molecule has 0 bridgehead atoms. The van der Waals surface area contributed by atoms with Crippen molar-refractivity contribution in [1.82, 2.24) is 4.98 Å². The highest BCUT2D eigenvalue weighted by atomic mass is 16.5. The molecule has 88 valence electrons. The van der Waals surface area contributed by atoms with Gasteiger partial charge in [0.1, 0.15) is 0 Å². The third-order valence-corrected chi connectivity index (χ3v) is 2.68. The van der Waals surface area contributed by atoms with E-state index in [9.17, 15) is 5.11 Å². The quantitative estimate of drug-likeness (QED) is 0.645. The Morgan fingerprint density at radius 2 is 2.25 bits per heavy atom. The fraction of sp³-hybridized carbons (Fsp3) is 0.500. The molecule has 0 radical (unpaired) electrons. The summed E-state index contributed by atoms with van der Waals surface area (Å²) < 4.78 is 5.05. The molecule has 1 unspecified atom stereocenters. The smallest absolute Gasteiger partial charge is 0.239 e. The number of hydrogen-bond donors (Lipinski definition) is 3. The Hall–Kier alpha value is -1.69. The first-order valence-corrected chi connectivity index (χ1v) is 5.15. The number of rotatable bonds is 2. The molecule has 0 saturated carbocycles. The van der Waals surface area contributed by atoms with Crippen molar-refractivity contribution in [3.63, 3.8) is 0 Å². The molecule has 1 saturated heterocycles. The molecule has 1 aromatic heterocycles. The van der Waals surface area contributed by atoms with Crippen molar-refractivity contribution in [2.24, 2.45) is 0 Å². The molecule has 0 aliphatic carbocycles. The lowest BCUT2D eigenvalue weighted by atomic mass is 10.3. The Labute approximate surface area is 93.8 Å². The van der Waals surface area contributed by atoms with E-state index in [2.05, 4.69) is 4.98 Å². The summed E-state index contributed by atoms with van der Waals surface area (Å²) in [4.78, 5) is 6.18. The zero-order chi connectivity index (χ0) is 11.7. The average Bonchev–Trinajstić information content (AvgIpc) is 2.65. The van der Waals surface area contributed by atoms with Gasteiger partial charge in [0.2, 0.25) is 5.88 Å². The number of nitrogens with zero attached hydrogens (tertiary/aromatic N) is 2. The van der Waals surface area contributed by atoms with Crippen molar-refractivity contribution < 1.29 is 9.84 Å². The van der Waals surface area contributed by atoms with Crippen molar-refractivity contribution in [1.29, 1.82) is 0 Å². The predicted octanol–water partition coefficient (Wildman–Crippen LogP) is -0.174. The molecule has 6 nitrogen and oxygen atoms in total. The molecule has 1 atom stereocenters. The lowest BCUT2D eigenvalue weighted by Crippen LogP contribution is -2.23. The molecule has 5 N–H and O–H groups in total. The topological polar surface area (TPSA) is 97.6 Å². The number of aromatic nitrogens is 1. The first-order chi connectivity index (χ1) is 7.61.